The molecule has 100 valence electrons. The van der Waals surface area contributed by atoms with Crippen molar-refractivity contribution < 1.29 is 14.7 Å². The van der Waals surface area contributed by atoms with Crippen molar-refractivity contribution in [3.63, 3.8) is 0 Å². The summed E-state index contributed by atoms with van der Waals surface area (Å²) in [5.41, 5.74) is 1.40. The highest BCUT2D eigenvalue weighted by Crippen LogP contribution is 2.28. The zero-order valence-corrected chi connectivity index (χ0v) is 11.1. The fraction of sp³-hybridized carbons (Fsp3) is 0.357. The fourth-order valence-corrected chi connectivity index (χ4v) is 2.30. The number of anilines is 1. The Morgan fingerprint density at radius 3 is 2.63 bits per heavy atom. The summed E-state index contributed by atoms with van der Waals surface area (Å²) in [5, 5.41) is 14.5. The average Bonchev–Trinajstić information content (AvgIpc) is 2.65. The molecule has 2 rings (SSSR count). The Morgan fingerprint density at radius 1 is 1.42 bits per heavy atom. The number of carboxylic acids is 1. The summed E-state index contributed by atoms with van der Waals surface area (Å²) >= 11 is 0. The highest BCUT2D eigenvalue weighted by atomic mass is 16.4. The summed E-state index contributed by atoms with van der Waals surface area (Å²) in [4.78, 5) is 23.3. The van der Waals surface area contributed by atoms with Crippen molar-refractivity contribution >= 4 is 23.3 Å². The van der Waals surface area contributed by atoms with Gasteiger partial charge in [-0.3, -0.25) is 4.79 Å². The highest BCUT2D eigenvalue weighted by molar-refractivity contribution is 6.15. The van der Waals surface area contributed by atoms with Crippen LogP contribution in [-0.2, 0) is 4.79 Å². The van der Waals surface area contributed by atoms with Gasteiger partial charge >= 0.3 is 5.97 Å². The van der Waals surface area contributed by atoms with Gasteiger partial charge in [0.1, 0.15) is 0 Å². The lowest BCUT2D eigenvalue weighted by Crippen LogP contribution is -2.30. The number of hydrogen-bond donors (Lipinski definition) is 1. The van der Waals surface area contributed by atoms with Gasteiger partial charge < -0.3 is 5.11 Å². The van der Waals surface area contributed by atoms with E-state index in [1.807, 2.05) is 20.8 Å². The quantitative estimate of drug-likeness (QED) is 0.907. The third kappa shape index (κ3) is 2.36. The molecule has 0 aromatic heterocycles. The summed E-state index contributed by atoms with van der Waals surface area (Å²) in [5.74, 6) is -1.18. The second-order valence-electron chi connectivity index (χ2n) is 4.97. The summed E-state index contributed by atoms with van der Waals surface area (Å²) in [6.45, 7) is 5.77. The maximum absolute atomic E-state index is 12.3. The molecule has 1 aromatic rings. The van der Waals surface area contributed by atoms with Gasteiger partial charge in [0, 0.05) is 5.71 Å². The van der Waals surface area contributed by atoms with Crippen molar-refractivity contribution in [3.8, 4) is 0 Å². The van der Waals surface area contributed by atoms with Crippen LogP contribution in [0.1, 0.15) is 31.1 Å². The van der Waals surface area contributed by atoms with E-state index < -0.39 is 5.97 Å². The summed E-state index contributed by atoms with van der Waals surface area (Å²) in [6.07, 6.45) is 0. The van der Waals surface area contributed by atoms with E-state index in [2.05, 4.69) is 5.10 Å². The first-order chi connectivity index (χ1) is 8.91. The molecule has 5 nitrogen and oxygen atoms in total. The zero-order chi connectivity index (χ0) is 14.2. The largest absolute Gasteiger partial charge is 0.478 e. The Morgan fingerprint density at radius 2 is 2.11 bits per heavy atom. The van der Waals surface area contributed by atoms with Crippen LogP contribution in [0.3, 0.4) is 0 Å². The number of carboxylic acid groups (broad SMARTS) is 1. The van der Waals surface area contributed by atoms with Crippen molar-refractivity contribution in [1.29, 1.82) is 0 Å². The van der Waals surface area contributed by atoms with E-state index in [9.17, 15) is 9.59 Å². The third-order valence-electron chi connectivity index (χ3n) is 3.19. The Bertz CT molecular complexity index is 564. The van der Waals surface area contributed by atoms with Crippen LogP contribution >= 0.6 is 0 Å². The first-order valence-corrected chi connectivity index (χ1v) is 6.14. The summed E-state index contributed by atoms with van der Waals surface area (Å²) in [7, 11) is 0. The molecule has 0 saturated carbocycles. The summed E-state index contributed by atoms with van der Waals surface area (Å²) < 4.78 is 0. The predicted octanol–water partition coefficient (Wildman–Crippen LogP) is 2.38. The van der Waals surface area contributed by atoms with Crippen molar-refractivity contribution in [2.75, 3.05) is 5.01 Å². The molecular formula is C14H16N2O3. The van der Waals surface area contributed by atoms with Crippen molar-refractivity contribution in [2.24, 2.45) is 16.9 Å². The molecule has 1 amide bonds. The number of hydrazone groups is 1. The third-order valence-corrected chi connectivity index (χ3v) is 3.19. The van der Waals surface area contributed by atoms with Gasteiger partial charge in [-0.25, -0.2) is 9.80 Å². The molecule has 19 heavy (non-hydrogen) atoms. The second-order valence-corrected chi connectivity index (χ2v) is 4.97. The van der Waals surface area contributed by atoms with Gasteiger partial charge in [0.05, 0.1) is 17.2 Å². The molecular weight excluding hydrogens is 244 g/mol. The van der Waals surface area contributed by atoms with Crippen LogP contribution in [0.25, 0.3) is 0 Å². The molecule has 0 spiro atoms. The highest BCUT2D eigenvalue weighted by Gasteiger charge is 2.36. The number of rotatable bonds is 3. The first kappa shape index (κ1) is 13.3. The normalized spacial score (nSPS) is 18.9. The van der Waals surface area contributed by atoms with E-state index in [0.717, 1.165) is 5.71 Å². The van der Waals surface area contributed by atoms with Crippen LogP contribution in [-0.4, -0.2) is 22.7 Å². The van der Waals surface area contributed by atoms with E-state index in [4.69, 9.17) is 5.11 Å². The van der Waals surface area contributed by atoms with Crippen LogP contribution in [0.15, 0.2) is 29.4 Å². The number of carbonyl (C=O) groups is 2. The van der Waals surface area contributed by atoms with Crippen molar-refractivity contribution in [3.05, 3.63) is 29.8 Å². The van der Waals surface area contributed by atoms with E-state index in [0.29, 0.717) is 5.69 Å². The van der Waals surface area contributed by atoms with Crippen LogP contribution < -0.4 is 5.01 Å². The zero-order valence-electron chi connectivity index (χ0n) is 11.1. The summed E-state index contributed by atoms with van der Waals surface area (Å²) in [6, 6.07) is 6.24. The van der Waals surface area contributed by atoms with Crippen molar-refractivity contribution in [2.45, 2.75) is 20.8 Å². The molecule has 5 heteroatoms. The number of hydrogen-bond acceptors (Lipinski definition) is 3. The fourth-order valence-electron chi connectivity index (χ4n) is 2.30. The molecule has 0 radical (unpaired) electrons. The molecule has 1 unspecified atom stereocenters. The minimum Gasteiger partial charge on any atom is -0.478 e. The molecule has 0 bridgehead atoms. The number of aromatic carboxylic acids is 1. The maximum atomic E-state index is 12.3. The standard InChI is InChI=1S/C14H16N2O3/c1-8(2)12-9(3)15-16(13(12)17)11-6-4-5-10(7-11)14(18)19/h4-8,12H,1-3H3,(H,18,19). The predicted molar refractivity (Wildman–Crippen MR) is 72.3 cm³/mol. The molecule has 0 fully saturated rings. The van der Waals surface area contributed by atoms with E-state index in [1.54, 1.807) is 12.1 Å². The van der Waals surface area contributed by atoms with Gasteiger partial charge in [-0.1, -0.05) is 19.9 Å². The van der Waals surface area contributed by atoms with E-state index >= 15 is 0 Å². The lowest BCUT2D eigenvalue weighted by Gasteiger charge is -2.16. The SMILES string of the molecule is CC1=NN(c2cccc(C(=O)O)c2)C(=O)C1C(C)C. The smallest absolute Gasteiger partial charge is 0.335 e. The molecule has 1 aliphatic heterocycles. The molecule has 0 aliphatic carbocycles. The minimum atomic E-state index is -1.02. The monoisotopic (exact) mass is 260 g/mol. The topological polar surface area (TPSA) is 70.0 Å². The van der Waals surface area contributed by atoms with Gasteiger partial charge in [0.15, 0.2) is 0 Å². The van der Waals surface area contributed by atoms with Gasteiger partial charge in [0.2, 0.25) is 0 Å². The lowest BCUT2D eigenvalue weighted by molar-refractivity contribution is -0.120. The Balaban J connectivity index is 2.36. The van der Waals surface area contributed by atoms with Gasteiger partial charge in [-0.15, -0.1) is 0 Å². The Kier molecular flexibility index (Phi) is 3.38. The molecule has 1 aliphatic rings. The molecule has 1 heterocycles. The van der Waals surface area contributed by atoms with Crippen LogP contribution in [0.2, 0.25) is 0 Å². The Labute approximate surface area is 111 Å². The Hall–Kier alpha value is -2.17. The van der Waals surface area contributed by atoms with E-state index in [-0.39, 0.29) is 23.3 Å². The van der Waals surface area contributed by atoms with Crippen LogP contribution in [0.4, 0.5) is 5.69 Å². The lowest BCUT2D eigenvalue weighted by atomic mass is 9.92. The minimum absolute atomic E-state index is 0.102. The molecule has 1 atom stereocenters. The number of carbonyl (C=O) groups excluding carboxylic acids is 1. The average molecular weight is 260 g/mol. The number of amides is 1. The van der Waals surface area contributed by atoms with E-state index in [1.165, 1.54) is 17.1 Å². The van der Waals surface area contributed by atoms with Crippen molar-refractivity contribution in [1.82, 2.24) is 0 Å². The van der Waals surface area contributed by atoms with Gasteiger partial charge in [-0.2, -0.15) is 5.10 Å². The van der Waals surface area contributed by atoms with Crippen LogP contribution in [0, 0.1) is 11.8 Å². The molecule has 0 saturated heterocycles. The maximum Gasteiger partial charge on any atom is 0.335 e. The van der Waals surface area contributed by atoms with Gasteiger partial charge in [-0.05, 0) is 31.0 Å². The molecule has 1 aromatic carbocycles. The second kappa shape index (κ2) is 4.84. The first-order valence-electron chi connectivity index (χ1n) is 6.14. The molecule has 1 N–H and O–H groups in total. The number of nitrogens with zero attached hydrogens (tertiary/aromatic N) is 2. The number of benzene rings is 1. The van der Waals surface area contributed by atoms with Gasteiger partial charge in [0.25, 0.3) is 5.91 Å². The van der Waals surface area contributed by atoms with Crippen LogP contribution in [0.5, 0.6) is 0 Å².